The first kappa shape index (κ1) is 12.2. The molecule has 0 amide bonds. The monoisotopic (exact) mass is 245 g/mol. The van der Waals surface area contributed by atoms with E-state index < -0.39 is 5.97 Å². The molecule has 0 saturated carbocycles. The summed E-state index contributed by atoms with van der Waals surface area (Å²) in [6.45, 7) is 5.78. The second-order valence-electron chi connectivity index (χ2n) is 4.29. The van der Waals surface area contributed by atoms with Crippen LogP contribution in [-0.2, 0) is 0 Å². The molecule has 0 spiro atoms. The van der Waals surface area contributed by atoms with Crippen molar-refractivity contribution in [3.63, 3.8) is 0 Å². The Morgan fingerprint density at radius 1 is 1.33 bits per heavy atom. The molecule has 0 fully saturated rings. The molecular weight excluding hydrogens is 230 g/mol. The Bertz CT molecular complexity index is 629. The minimum absolute atomic E-state index is 0.153. The van der Waals surface area contributed by atoms with Gasteiger partial charge in [0, 0.05) is 11.4 Å². The Labute approximate surface area is 105 Å². The van der Waals surface area contributed by atoms with Gasteiger partial charge in [-0.1, -0.05) is 0 Å². The highest BCUT2D eigenvalue weighted by atomic mass is 16.4. The van der Waals surface area contributed by atoms with E-state index in [0.29, 0.717) is 11.4 Å². The summed E-state index contributed by atoms with van der Waals surface area (Å²) in [6.07, 6.45) is 0. The van der Waals surface area contributed by atoms with Gasteiger partial charge in [0.2, 0.25) is 0 Å². The highest BCUT2D eigenvalue weighted by Crippen LogP contribution is 2.22. The molecule has 1 aromatic carbocycles. The fourth-order valence-corrected chi connectivity index (χ4v) is 1.86. The third kappa shape index (κ3) is 1.84. The summed E-state index contributed by atoms with van der Waals surface area (Å²) < 4.78 is 1.65. The number of aromatic nitrogens is 2. The van der Waals surface area contributed by atoms with E-state index in [0.717, 1.165) is 17.0 Å². The minimum atomic E-state index is -1.01. The van der Waals surface area contributed by atoms with Crippen molar-refractivity contribution < 1.29 is 9.90 Å². The Kier molecular flexibility index (Phi) is 2.82. The number of hydrogen-bond donors (Lipinski definition) is 2. The van der Waals surface area contributed by atoms with E-state index in [1.54, 1.807) is 16.8 Å². The molecule has 0 saturated heterocycles. The summed E-state index contributed by atoms with van der Waals surface area (Å²) in [5.41, 5.74) is 9.61. The average Bonchev–Trinajstić information content (AvgIpc) is 2.57. The van der Waals surface area contributed by atoms with Crippen LogP contribution in [0.2, 0.25) is 0 Å². The quantitative estimate of drug-likeness (QED) is 0.794. The zero-order valence-corrected chi connectivity index (χ0v) is 10.6. The third-order valence-corrected chi connectivity index (χ3v) is 3.13. The molecule has 0 atom stereocenters. The van der Waals surface area contributed by atoms with Crippen LogP contribution in [0.3, 0.4) is 0 Å². The molecule has 18 heavy (non-hydrogen) atoms. The van der Waals surface area contributed by atoms with Crippen LogP contribution in [0.1, 0.15) is 27.3 Å². The number of hydrogen-bond acceptors (Lipinski definition) is 3. The van der Waals surface area contributed by atoms with E-state index in [9.17, 15) is 9.90 Å². The summed E-state index contributed by atoms with van der Waals surface area (Å²) in [5, 5.41) is 13.6. The van der Waals surface area contributed by atoms with Crippen LogP contribution in [0, 0.1) is 20.8 Å². The van der Waals surface area contributed by atoms with E-state index >= 15 is 0 Å². The van der Waals surface area contributed by atoms with Crippen LogP contribution < -0.4 is 5.73 Å². The molecule has 1 heterocycles. The highest BCUT2D eigenvalue weighted by Gasteiger charge is 2.16. The van der Waals surface area contributed by atoms with E-state index in [-0.39, 0.29) is 5.56 Å². The molecule has 1 aromatic heterocycles. The number of nitrogens with zero attached hydrogens (tertiary/aromatic N) is 2. The van der Waals surface area contributed by atoms with Crippen molar-refractivity contribution in [1.82, 2.24) is 9.78 Å². The molecule has 5 heteroatoms. The first-order valence-electron chi connectivity index (χ1n) is 5.58. The van der Waals surface area contributed by atoms with Crippen LogP contribution in [0.5, 0.6) is 0 Å². The van der Waals surface area contributed by atoms with Crippen LogP contribution in [0.15, 0.2) is 18.2 Å². The minimum Gasteiger partial charge on any atom is -0.478 e. The Hall–Kier alpha value is -2.30. The molecule has 2 aromatic rings. The number of anilines is 1. The number of carbonyl (C=O) groups is 1. The maximum Gasteiger partial charge on any atom is 0.337 e. The highest BCUT2D eigenvalue weighted by molar-refractivity contribution is 5.93. The number of aromatic carboxylic acids is 1. The number of aryl methyl sites for hydroxylation is 1. The summed E-state index contributed by atoms with van der Waals surface area (Å²) in [7, 11) is 0. The smallest absolute Gasteiger partial charge is 0.337 e. The maximum atomic E-state index is 11.3. The van der Waals surface area contributed by atoms with E-state index in [1.807, 2.05) is 20.8 Å². The molecule has 0 radical (unpaired) electrons. The Morgan fingerprint density at radius 2 is 2.00 bits per heavy atom. The van der Waals surface area contributed by atoms with Gasteiger partial charge < -0.3 is 10.8 Å². The summed E-state index contributed by atoms with van der Waals surface area (Å²) >= 11 is 0. The molecule has 3 N–H and O–H groups in total. The van der Waals surface area contributed by atoms with Crippen LogP contribution in [0.4, 0.5) is 5.69 Å². The lowest BCUT2D eigenvalue weighted by Gasteiger charge is -2.09. The predicted octanol–water partition coefficient (Wildman–Crippen LogP) is 2.08. The van der Waals surface area contributed by atoms with E-state index in [4.69, 9.17) is 5.73 Å². The predicted molar refractivity (Wildman–Crippen MR) is 69.1 cm³/mol. The molecule has 0 bridgehead atoms. The van der Waals surface area contributed by atoms with Gasteiger partial charge in [-0.15, -0.1) is 0 Å². The van der Waals surface area contributed by atoms with Gasteiger partial charge in [-0.3, -0.25) is 0 Å². The number of nitrogens with two attached hydrogens (primary N) is 1. The van der Waals surface area contributed by atoms with Gasteiger partial charge in [-0.05, 0) is 44.5 Å². The van der Waals surface area contributed by atoms with Gasteiger partial charge in [0.15, 0.2) is 0 Å². The number of carboxylic acids is 1. The second-order valence-corrected chi connectivity index (χ2v) is 4.29. The number of nitrogen functional groups attached to an aromatic ring is 1. The molecule has 0 aliphatic carbocycles. The van der Waals surface area contributed by atoms with E-state index in [1.165, 1.54) is 6.07 Å². The lowest BCUT2D eigenvalue weighted by atomic mass is 10.1. The van der Waals surface area contributed by atoms with Crippen molar-refractivity contribution in [3.8, 4) is 5.69 Å². The van der Waals surface area contributed by atoms with Crippen molar-refractivity contribution in [3.05, 3.63) is 40.7 Å². The molecule has 0 aliphatic heterocycles. The van der Waals surface area contributed by atoms with Crippen molar-refractivity contribution in [2.75, 3.05) is 5.73 Å². The number of carboxylic acid groups (broad SMARTS) is 1. The Morgan fingerprint density at radius 3 is 2.50 bits per heavy atom. The zero-order chi connectivity index (χ0) is 13.4. The normalized spacial score (nSPS) is 10.6. The average molecular weight is 245 g/mol. The lowest BCUT2D eigenvalue weighted by Crippen LogP contribution is -2.08. The molecular formula is C13H15N3O2. The van der Waals surface area contributed by atoms with Crippen LogP contribution in [-0.4, -0.2) is 20.9 Å². The van der Waals surface area contributed by atoms with Crippen molar-refractivity contribution >= 4 is 11.7 Å². The molecule has 0 aliphatic rings. The van der Waals surface area contributed by atoms with Crippen LogP contribution in [0.25, 0.3) is 5.69 Å². The lowest BCUT2D eigenvalue weighted by molar-refractivity contribution is 0.0697. The van der Waals surface area contributed by atoms with Gasteiger partial charge in [0.1, 0.15) is 0 Å². The van der Waals surface area contributed by atoms with Crippen molar-refractivity contribution in [2.45, 2.75) is 20.8 Å². The first-order chi connectivity index (χ1) is 8.41. The second kappa shape index (κ2) is 4.18. The number of rotatable bonds is 2. The third-order valence-electron chi connectivity index (χ3n) is 3.13. The summed E-state index contributed by atoms with van der Waals surface area (Å²) in [5.74, 6) is -1.01. The first-order valence-corrected chi connectivity index (χ1v) is 5.58. The van der Waals surface area contributed by atoms with Crippen molar-refractivity contribution in [2.24, 2.45) is 0 Å². The molecule has 2 rings (SSSR count). The fraction of sp³-hybridized carbons (Fsp3) is 0.231. The van der Waals surface area contributed by atoms with Crippen LogP contribution >= 0.6 is 0 Å². The molecule has 0 unspecified atom stereocenters. The van der Waals surface area contributed by atoms with Gasteiger partial charge >= 0.3 is 5.97 Å². The Balaban J connectivity index is 2.71. The topological polar surface area (TPSA) is 81.1 Å². The van der Waals surface area contributed by atoms with Gasteiger partial charge in [-0.25, -0.2) is 9.48 Å². The largest absolute Gasteiger partial charge is 0.478 e. The maximum absolute atomic E-state index is 11.3. The number of benzene rings is 1. The standard InChI is InChI=1S/C13H15N3O2/c1-7-8(2)15-16(9(7)3)12-5-4-10(14)6-11(12)13(17)18/h4-6H,14H2,1-3H3,(H,17,18). The summed E-state index contributed by atoms with van der Waals surface area (Å²) in [4.78, 5) is 11.3. The van der Waals surface area contributed by atoms with Gasteiger partial charge in [-0.2, -0.15) is 5.10 Å². The SMILES string of the molecule is Cc1nn(-c2ccc(N)cc2C(=O)O)c(C)c1C. The summed E-state index contributed by atoms with van der Waals surface area (Å²) in [6, 6.07) is 4.80. The molecule has 94 valence electrons. The van der Waals surface area contributed by atoms with Crippen molar-refractivity contribution in [1.29, 1.82) is 0 Å². The van der Waals surface area contributed by atoms with Gasteiger partial charge in [0.05, 0.1) is 16.9 Å². The van der Waals surface area contributed by atoms with Gasteiger partial charge in [0.25, 0.3) is 0 Å². The zero-order valence-electron chi connectivity index (χ0n) is 10.6. The van der Waals surface area contributed by atoms with E-state index in [2.05, 4.69) is 5.10 Å². The fourth-order valence-electron chi connectivity index (χ4n) is 1.86. The molecule has 5 nitrogen and oxygen atoms in total.